The van der Waals surface area contributed by atoms with Crippen LogP contribution in [0.4, 0.5) is 5.69 Å². The van der Waals surface area contributed by atoms with E-state index in [-0.39, 0.29) is 12.5 Å². The first-order chi connectivity index (χ1) is 16.6. The Bertz CT molecular complexity index is 1280. The first kappa shape index (κ1) is 22.6. The van der Waals surface area contributed by atoms with Crippen molar-refractivity contribution in [3.8, 4) is 28.4 Å². The second kappa shape index (κ2) is 10.4. The SMILES string of the molecule is COC(=O)COc1ccc(NC(=O)c2cn(-c3ccccc3)nc2-c2cccc(OC)c2)cc1. The lowest BCUT2D eigenvalue weighted by molar-refractivity contribution is -0.142. The molecule has 4 rings (SSSR count). The van der Waals surface area contributed by atoms with Gasteiger partial charge in [-0.05, 0) is 48.5 Å². The van der Waals surface area contributed by atoms with E-state index in [9.17, 15) is 9.59 Å². The number of benzene rings is 3. The third-order valence-corrected chi connectivity index (χ3v) is 5.02. The zero-order valence-corrected chi connectivity index (χ0v) is 18.7. The molecule has 8 heteroatoms. The van der Waals surface area contributed by atoms with Crippen molar-refractivity contribution in [2.45, 2.75) is 0 Å². The Morgan fingerprint density at radius 3 is 2.38 bits per heavy atom. The molecule has 4 aromatic rings. The molecule has 3 aromatic carbocycles. The number of hydrogen-bond donors (Lipinski definition) is 1. The molecular formula is C26H23N3O5. The van der Waals surface area contributed by atoms with Gasteiger partial charge in [0.15, 0.2) is 6.61 Å². The van der Waals surface area contributed by atoms with Crippen molar-refractivity contribution in [1.82, 2.24) is 9.78 Å². The van der Waals surface area contributed by atoms with Gasteiger partial charge in [-0.3, -0.25) is 4.79 Å². The number of para-hydroxylation sites is 1. The van der Waals surface area contributed by atoms with Gasteiger partial charge in [-0.15, -0.1) is 0 Å². The van der Waals surface area contributed by atoms with Crippen LogP contribution >= 0.6 is 0 Å². The molecule has 0 fully saturated rings. The van der Waals surface area contributed by atoms with Gasteiger partial charge in [0.05, 0.1) is 25.5 Å². The van der Waals surface area contributed by atoms with E-state index in [1.807, 2.05) is 54.6 Å². The molecule has 0 saturated heterocycles. The molecule has 8 nitrogen and oxygen atoms in total. The number of nitrogens with one attached hydrogen (secondary N) is 1. The Morgan fingerprint density at radius 2 is 1.68 bits per heavy atom. The second-order valence-corrected chi connectivity index (χ2v) is 7.25. The summed E-state index contributed by atoms with van der Waals surface area (Å²) in [5.74, 6) is 0.360. The van der Waals surface area contributed by atoms with Gasteiger partial charge in [0, 0.05) is 17.4 Å². The van der Waals surface area contributed by atoms with Crippen LogP contribution in [-0.2, 0) is 9.53 Å². The highest BCUT2D eigenvalue weighted by Gasteiger charge is 2.19. The molecule has 1 aromatic heterocycles. The third kappa shape index (κ3) is 5.24. The molecule has 0 radical (unpaired) electrons. The highest BCUT2D eigenvalue weighted by Crippen LogP contribution is 2.28. The lowest BCUT2D eigenvalue weighted by Gasteiger charge is -2.08. The molecule has 1 heterocycles. The molecular weight excluding hydrogens is 434 g/mol. The number of amides is 1. The summed E-state index contributed by atoms with van der Waals surface area (Å²) in [6, 6.07) is 23.7. The van der Waals surface area contributed by atoms with E-state index >= 15 is 0 Å². The molecule has 1 amide bonds. The average Bonchev–Trinajstić information content (AvgIpc) is 3.34. The summed E-state index contributed by atoms with van der Waals surface area (Å²) in [6.07, 6.45) is 1.70. The van der Waals surface area contributed by atoms with Crippen molar-refractivity contribution in [3.05, 3.63) is 90.6 Å². The van der Waals surface area contributed by atoms with Gasteiger partial charge in [0.25, 0.3) is 5.91 Å². The second-order valence-electron chi connectivity index (χ2n) is 7.25. The van der Waals surface area contributed by atoms with Crippen molar-refractivity contribution in [2.24, 2.45) is 0 Å². The van der Waals surface area contributed by atoms with E-state index in [2.05, 4.69) is 15.2 Å². The first-order valence-electron chi connectivity index (χ1n) is 10.5. The maximum atomic E-state index is 13.3. The lowest BCUT2D eigenvalue weighted by atomic mass is 10.1. The Morgan fingerprint density at radius 1 is 0.912 bits per heavy atom. The molecule has 172 valence electrons. The van der Waals surface area contributed by atoms with Crippen molar-refractivity contribution >= 4 is 17.6 Å². The monoisotopic (exact) mass is 457 g/mol. The van der Waals surface area contributed by atoms with Crippen LogP contribution in [0.15, 0.2) is 85.1 Å². The van der Waals surface area contributed by atoms with Crippen molar-refractivity contribution in [2.75, 3.05) is 26.1 Å². The number of methoxy groups -OCH3 is 2. The molecule has 0 spiro atoms. The van der Waals surface area contributed by atoms with E-state index in [4.69, 9.17) is 9.47 Å². The maximum absolute atomic E-state index is 13.3. The van der Waals surface area contributed by atoms with Gasteiger partial charge in [-0.1, -0.05) is 30.3 Å². The molecule has 0 saturated carbocycles. The highest BCUT2D eigenvalue weighted by atomic mass is 16.6. The first-order valence-corrected chi connectivity index (χ1v) is 10.5. The fraction of sp³-hybridized carbons (Fsp3) is 0.115. The van der Waals surface area contributed by atoms with Gasteiger partial charge in [-0.2, -0.15) is 5.10 Å². The van der Waals surface area contributed by atoms with Crippen LogP contribution in [0, 0.1) is 0 Å². The van der Waals surface area contributed by atoms with Gasteiger partial charge in [0.1, 0.15) is 17.2 Å². The predicted octanol–water partition coefficient (Wildman–Crippen LogP) is 4.35. The van der Waals surface area contributed by atoms with Crippen LogP contribution in [0.5, 0.6) is 11.5 Å². The quantitative estimate of drug-likeness (QED) is 0.396. The predicted molar refractivity (Wildman–Crippen MR) is 127 cm³/mol. The summed E-state index contributed by atoms with van der Waals surface area (Å²) in [6.45, 7) is -0.190. The van der Waals surface area contributed by atoms with Gasteiger partial charge in [0.2, 0.25) is 0 Å². The lowest BCUT2D eigenvalue weighted by Crippen LogP contribution is -2.13. The normalized spacial score (nSPS) is 10.4. The zero-order valence-electron chi connectivity index (χ0n) is 18.7. The van der Waals surface area contributed by atoms with Crippen LogP contribution < -0.4 is 14.8 Å². The summed E-state index contributed by atoms with van der Waals surface area (Å²) >= 11 is 0. The standard InChI is InChI=1S/C26H23N3O5/c1-32-22-10-6-7-18(15-22)25-23(16-29(28-25)20-8-4-3-5-9-20)26(31)27-19-11-13-21(14-12-19)34-17-24(30)33-2/h3-16H,17H2,1-2H3,(H,27,31). The van der Waals surface area contributed by atoms with Crippen LogP contribution in [-0.4, -0.2) is 42.5 Å². The number of hydrogen-bond acceptors (Lipinski definition) is 6. The number of carbonyl (C=O) groups excluding carboxylic acids is 2. The number of carbonyl (C=O) groups is 2. The summed E-state index contributed by atoms with van der Waals surface area (Å²) in [5, 5.41) is 7.58. The molecule has 0 unspecified atom stereocenters. The van der Waals surface area contributed by atoms with E-state index in [1.165, 1.54) is 7.11 Å². The number of rotatable bonds is 8. The van der Waals surface area contributed by atoms with Gasteiger partial charge >= 0.3 is 5.97 Å². The average molecular weight is 457 g/mol. The minimum atomic E-state index is -0.474. The number of nitrogens with zero attached hydrogens (tertiary/aromatic N) is 2. The van der Waals surface area contributed by atoms with Crippen LogP contribution in [0.2, 0.25) is 0 Å². The molecule has 34 heavy (non-hydrogen) atoms. The Labute approximate surface area is 196 Å². The number of aromatic nitrogens is 2. The topological polar surface area (TPSA) is 91.7 Å². The smallest absolute Gasteiger partial charge is 0.343 e. The fourth-order valence-electron chi connectivity index (χ4n) is 3.27. The molecule has 0 atom stereocenters. The largest absolute Gasteiger partial charge is 0.497 e. The van der Waals surface area contributed by atoms with E-state index in [0.717, 1.165) is 11.3 Å². The Kier molecular flexibility index (Phi) is 6.88. The molecule has 0 aliphatic rings. The summed E-state index contributed by atoms with van der Waals surface area (Å²) in [7, 11) is 2.89. The van der Waals surface area contributed by atoms with E-state index < -0.39 is 5.97 Å². The van der Waals surface area contributed by atoms with Crippen molar-refractivity contribution in [1.29, 1.82) is 0 Å². The molecule has 0 aliphatic heterocycles. The van der Waals surface area contributed by atoms with Crippen LogP contribution in [0.3, 0.4) is 0 Å². The Balaban J connectivity index is 1.61. The zero-order chi connectivity index (χ0) is 23.9. The van der Waals surface area contributed by atoms with E-state index in [0.29, 0.717) is 28.4 Å². The Hall–Kier alpha value is -4.59. The van der Waals surface area contributed by atoms with Crippen LogP contribution in [0.1, 0.15) is 10.4 Å². The number of ether oxygens (including phenoxy) is 3. The minimum Gasteiger partial charge on any atom is -0.497 e. The maximum Gasteiger partial charge on any atom is 0.343 e. The number of esters is 1. The fourth-order valence-corrected chi connectivity index (χ4v) is 3.27. The van der Waals surface area contributed by atoms with Crippen molar-refractivity contribution < 1.29 is 23.8 Å². The van der Waals surface area contributed by atoms with E-state index in [1.54, 1.807) is 42.3 Å². The molecule has 1 N–H and O–H groups in total. The third-order valence-electron chi connectivity index (χ3n) is 5.02. The molecule has 0 aliphatic carbocycles. The minimum absolute atomic E-state index is 0.190. The summed E-state index contributed by atoms with van der Waals surface area (Å²) in [5.41, 5.74) is 3.09. The van der Waals surface area contributed by atoms with Crippen LogP contribution in [0.25, 0.3) is 16.9 Å². The molecule has 0 bridgehead atoms. The van der Waals surface area contributed by atoms with Gasteiger partial charge in [-0.25, -0.2) is 9.48 Å². The van der Waals surface area contributed by atoms with Crippen molar-refractivity contribution in [3.63, 3.8) is 0 Å². The highest BCUT2D eigenvalue weighted by molar-refractivity contribution is 6.08. The summed E-state index contributed by atoms with van der Waals surface area (Å²) in [4.78, 5) is 24.5. The summed E-state index contributed by atoms with van der Waals surface area (Å²) < 4.78 is 16.9. The number of anilines is 1. The van der Waals surface area contributed by atoms with Gasteiger partial charge < -0.3 is 19.5 Å².